The van der Waals surface area contributed by atoms with E-state index in [1.165, 1.54) is 26.4 Å². The van der Waals surface area contributed by atoms with Gasteiger partial charge in [0.05, 0.1) is 12.7 Å². The van der Waals surface area contributed by atoms with Crippen molar-refractivity contribution in [2.45, 2.75) is 31.6 Å². The zero-order valence-electron chi connectivity index (χ0n) is 11.0. The number of rotatable bonds is 4. The molecule has 0 radical (unpaired) electrons. The van der Waals surface area contributed by atoms with Gasteiger partial charge in [-0.3, -0.25) is 4.79 Å². The van der Waals surface area contributed by atoms with Crippen LogP contribution in [0, 0.1) is 0 Å². The van der Waals surface area contributed by atoms with Crippen LogP contribution in [0.15, 0.2) is 16.9 Å². The molecule has 2 rings (SSSR count). The van der Waals surface area contributed by atoms with Crippen LogP contribution in [0.25, 0.3) is 0 Å². The first-order chi connectivity index (χ1) is 9.08. The molecule has 0 aromatic carbocycles. The van der Waals surface area contributed by atoms with E-state index in [0.717, 1.165) is 0 Å². The average molecular weight is 267 g/mol. The van der Waals surface area contributed by atoms with E-state index in [-0.39, 0.29) is 11.5 Å². The summed E-state index contributed by atoms with van der Waals surface area (Å²) in [5.41, 5.74) is 0.875. The third-order valence-corrected chi connectivity index (χ3v) is 3.48. The maximum absolute atomic E-state index is 11.8. The van der Waals surface area contributed by atoms with E-state index < -0.39 is 12.3 Å². The smallest absolute Gasteiger partial charge is 0.339 e. The van der Waals surface area contributed by atoms with Crippen LogP contribution in [0.4, 0.5) is 0 Å². The molecule has 0 spiro atoms. The Morgan fingerprint density at radius 2 is 2.26 bits per heavy atom. The van der Waals surface area contributed by atoms with Crippen molar-refractivity contribution in [1.29, 1.82) is 0 Å². The second-order valence-corrected chi connectivity index (χ2v) is 4.53. The first-order valence-corrected chi connectivity index (χ1v) is 6.11. The van der Waals surface area contributed by atoms with E-state index in [1.54, 1.807) is 4.57 Å². The molecular formula is C13H17NO5. The van der Waals surface area contributed by atoms with Gasteiger partial charge in [0.2, 0.25) is 0 Å². The van der Waals surface area contributed by atoms with Gasteiger partial charge in [-0.1, -0.05) is 0 Å². The highest BCUT2D eigenvalue weighted by atomic mass is 16.6. The van der Waals surface area contributed by atoms with E-state index in [1.807, 2.05) is 0 Å². The minimum atomic E-state index is -0.905. The number of carbonyl (C=O) groups is 1. The van der Waals surface area contributed by atoms with Gasteiger partial charge in [0.25, 0.3) is 5.56 Å². The second kappa shape index (κ2) is 5.54. The molecule has 2 unspecified atom stereocenters. The number of esters is 1. The summed E-state index contributed by atoms with van der Waals surface area (Å²) in [6.07, 6.45) is 0.144. The summed E-state index contributed by atoms with van der Waals surface area (Å²) in [4.78, 5) is 23.5. The zero-order valence-corrected chi connectivity index (χ0v) is 11.0. The fourth-order valence-electron chi connectivity index (χ4n) is 2.54. The lowest BCUT2D eigenvalue weighted by atomic mass is 9.96. The fourth-order valence-corrected chi connectivity index (χ4v) is 2.54. The summed E-state index contributed by atoms with van der Waals surface area (Å²) in [7, 11) is 2.72. The molecule has 1 N–H and O–H groups in total. The Hall–Kier alpha value is -1.66. The Bertz CT molecular complexity index is 536. The topological polar surface area (TPSA) is 77.8 Å². The molecule has 0 fully saturated rings. The number of hydrogen-bond donors (Lipinski definition) is 1. The molecule has 0 bridgehead atoms. The number of pyridine rings is 1. The third kappa shape index (κ3) is 2.54. The number of fused-ring (bicyclic) bond motifs is 1. The first kappa shape index (κ1) is 13.8. The largest absolute Gasteiger partial charge is 0.465 e. The Balaban J connectivity index is 2.43. The molecule has 104 valence electrons. The molecule has 1 aliphatic heterocycles. The lowest BCUT2D eigenvalue weighted by Crippen LogP contribution is -2.23. The molecule has 6 heteroatoms. The van der Waals surface area contributed by atoms with Crippen LogP contribution in [0.3, 0.4) is 0 Å². The molecule has 0 aliphatic carbocycles. The molecule has 0 amide bonds. The highest BCUT2D eigenvalue weighted by molar-refractivity contribution is 5.90. The van der Waals surface area contributed by atoms with Crippen molar-refractivity contribution in [3.05, 3.63) is 33.7 Å². The van der Waals surface area contributed by atoms with Crippen LogP contribution in [-0.4, -0.2) is 36.2 Å². The van der Waals surface area contributed by atoms with E-state index in [0.29, 0.717) is 30.6 Å². The van der Waals surface area contributed by atoms with Gasteiger partial charge in [-0.15, -0.1) is 0 Å². The molecular weight excluding hydrogens is 250 g/mol. The number of nitrogens with zero attached hydrogens (tertiary/aromatic N) is 1. The van der Waals surface area contributed by atoms with Crippen molar-refractivity contribution in [2.24, 2.45) is 0 Å². The number of aliphatic hydroxyl groups is 1. The number of methoxy groups -OCH3 is 2. The summed E-state index contributed by atoms with van der Waals surface area (Å²) in [5.74, 6) is -0.555. The van der Waals surface area contributed by atoms with Crippen LogP contribution in [-0.2, 0) is 16.0 Å². The SMILES string of the molecule is COC(=O)c1ccc(=O)n2c1C(CC(O)OC)CC2. The minimum Gasteiger partial charge on any atom is -0.465 e. The second-order valence-electron chi connectivity index (χ2n) is 4.53. The van der Waals surface area contributed by atoms with Crippen molar-refractivity contribution in [3.8, 4) is 0 Å². The fraction of sp³-hybridized carbons (Fsp3) is 0.538. The Morgan fingerprint density at radius 3 is 2.89 bits per heavy atom. The van der Waals surface area contributed by atoms with Crippen molar-refractivity contribution < 1.29 is 19.4 Å². The van der Waals surface area contributed by atoms with E-state index in [4.69, 9.17) is 9.47 Å². The van der Waals surface area contributed by atoms with Crippen molar-refractivity contribution >= 4 is 5.97 Å². The van der Waals surface area contributed by atoms with Crippen molar-refractivity contribution in [1.82, 2.24) is 4.57 Å². The van der Waals surface area contributed by atoms with Gasteiger partial charge >= 0.3 is 5.97 Å². The Kier molecular flexibility index (Phi) is 4.01. The molecule has 19 heavy (non-hydrogen) atoms. The minimum absolute atomic E-state index is 0.0852. The van der Waals surface area contributed by atoms with Gasteiger partial charge in [0.1, 0.15) is 0 Å². The van der Waals surface area contributed by atoms with Crippen LogP contribution in [0.1, 0.15) is 34.8 Å². The number of aliphatic hydroxyl groups excluding tert-OH is 1. The summed E-state index contributed by atoms with van der Waals surface area (Å²) in [5, 5.41) is 9.57. The molecule has 0 saturated heterocycles. The van der Waals surface area contributed by atoms with Gasteiger partial charge in [-0.25, -0.2) is 4.79 Å². The first-order valence-electron chi connectivity index (χ1n) is 6.11. The molecule has 6 nitrogen and oxygen atoms in total. The van der Waals surface area contributed by atoms with Gasteiger partial charge < -0.3 is 19.1 Å². The van der Waals surface area contributed by atoms with Crippen molar-refractivity contribution in [3.63, 3.8) is 0 Å². The maximum Gasteiger partial charge on any atom is 0.339 e. The summed E-state index contributed by atoms with van der Waals surface area (Å²) in [6.45, 7) is 0.542. The van der Waals surface area contributed by atoms with Gasteiger partial charge in [-0.2, -0.15) is 0 Å². The van der Waals surface area contributed by atoms with Gasteiger partial charge in [0, 0.05) is 37.8 Å². The number of hydrogen-bond acceptors (Lipinski definition) is 5. The zero-order chi connectivity index (χ0) is 14.0. The lowest BCUT2D eigenvalue weighted by molar-refractivity contribution is -0.0820. The standard InChI is InChI=1S/C13H17NO5/c1-18-11(16)7-8-5-6-14-10(15)4-3-9(12(8)14)13(17)19-2/h3-4,8,11,16H,5-7H2,1-2H3. The molecule has 1 aliphatic rings. The van der Waals surface area contributed by atoms with Crippen LogP contribution < -0.4 is 5.56 Å². The predicted octanol–water partition coefficient (Wildman–Crippen LogP) is 0.477. The summed E-state index contributed by atoms with van der Waals surface area (Å²) >= 11 is 0. The quantitative estimate of drug-likeness (QED) is 0.634. The molecule has 0 saturated carbocycles. The molecule has 1 aromatic rings. The lowest BCUT2D eigenvalue weighted by Gasteiger charge is -2.17. The monoisotopic (exact) mass is 267 g/mol. The maximum atomic E-state index is 11.8. The van der Waals surface area contributed by atoms with Gasteiger partial charge in [-0.05, 0) is 12.5 Å². The van der Waals surface area contributed by atoms with Crippen LogP contribution in [0.5, 0.6) is 0 Å². The highest BCUT2D eigenvalue weighted by Gasteiger charge is 2.30. The molecule has 1 aromatic heterocycles. The summed E-state index contributed by atoms with van der Waals surface area (Å²) in [6, 6.07) is 2.85. The van der Waals surface area contributed by atoms with E-state index in [2.05, 4.69) is 0 Å². The number of ether oxygens (including phenoxy) is 2. The van der Waals surface area contributed by atoms with Gasteiger partial charge in [0.15, 0.2) is 6.29 Å². The van der Waals surface area contributed by atoms with E-state index in [9.17, 15) is 14.7 Å². The Morgan fingerprint density at radius 1 is 1.53 bits per heavy atom. The van der Waals surface area contributed by atoms with E-state index >= 15 is 0 Å². The third-order valence-electron chi connectivity index (χ3n) is 3.48. The number of carbonyl (C=O) groups excluding carboxylic acids is 1. The predicted molar refractivity (Wildman–Crippen MR) is 67.0 cm³/mol. The molecule has 2 heterocycles. The van der Waals surface area contributed by atoms with Crippen LogP contribution in [0.2, 0.25) is 0 Å². The van der Waals surface area contributed by atoms with Crippen molar-refractivity contribution in [2.75, 3.05) is 14.2 Å². The number of aromatic nitrogens is 1. The average Bonchev–Trinajstić information content (AvgIpc) is 2.83. The highest BCUT2D eigenvalue weighted by Crippen LogP contribution is 2.33. The van der Waals surface area contributed by atoms with Crippen LogP contribution >= 0.6 is 0 Å². The Labute approximate surface area is 110 Å². The summed E-state index contributed by atoms with van der Waals surface area (Å²) < 4.78 is 11.1. The normalized spacial score (nSPS) is 19.0. The molecule has 2 atom stereocenters.